The lowest BCUT2D eigenvalue weighted by Crippen LogP contribution is -2.25. The normalized spacial score (nSPS) is 14.3. The van der Waals surface area contributed by atoms with Gasteiger partial charge in [-0.3, -0.25) is 4.79 Å². The van der Waals surface area contributed by atoms with Gasteiger partial charge in [-0.15, -0.1) is 0 Å². The monoisotopic (exact) mass is 270 g/mol. The predicted molar refractivity (Wildman–Crippen MR) is 64.2 cm³/mol. The Balaban J connectivity index is 2.62. The zero-order valence-corrected chi connectivity index (χ0v) is 10.5. The zero-order chi connectivity index (χ0) is 11.3. The molecule has 0 aliphatic heterocycles. The van der Waals surface area contributed by atoms with Crippen LogP contribution in [0.1, 0.15) is 20.3 Å². The van der Waals surface area contributed by atoms with Crippen LogP contribution in [0.15, 0.2) is 30.3 Å². The van der Waals surface area contributed by atoms with Crippen LogP contribution in [0.3, 0.4) is 0 Å². The number of halogens is 1. The molecule has 2 nitrogen and oxygen atoms in total. The zero-order valence-electron chi connectivity index (χ0n) is 8.94. The van der Waals surface area contributed by atoms with E-state index < -0.39 is 0 Å². The van der Waals surface area contributed by atoms with Crippen LogP contribution in [0.25, 0.3) is 0 Å². The highest BCUT2D eigenvalue weighted by molar-refractivity contribution is 9.09. The van der Waals surface area contributed by atoms with Crippen molar-refractivity contribution in [2.45, 2.75) is 25.1 Å². The highest BCUT2D eigenvalue weighted by atomic mass is 79.9. The van der Waals surface area contributed by atoms with Crippen LogP contribution in [0.4, 0.5) is 0 Å². The molecule has 0 N–H and O–H groups in total. The number of carbonyl (C=O) groups excluding carboxylic acids is 1. The molecule has 15 heavy (non-hydrogen) atoms. The average molecular weight is 271 g/mol. The number of hydrogen-bond acceptors (Lipinski definition) is 2. The second-order valence-corrected chi connectivity index (χ2v) is 4.87. The van der Waals surface area contributed by atoms with Crippen LogP contribution in [-0.4, -0.2) is 10.8 Å². The first kappa shape index (κ1) is 12.2. The molecule has 2 atom stereocenters. The van der Waals surface area contributed by atoms with Gasteiger partial charge < -0.3 is 4.74 Å². The molecule has 0 aliphatic rings. The summed E-state index contributed by atoms with van der Waals surface area (Å²) in [6, 6.07) is 9.15. The molecule has 0 saturated carbocycles. The maximum atomic E-state index is 11.7. The van der Waals surface area contributed by atoms with E-state index in [1.165, 1.54) is 0 Å². The van der Waals surface area contributed by atoms with Crippen LogP contribution in [-0.2, 0) is 4.79 Å². The maximum Gasteiger partial charge on any atom is 0.315 e. The van der Waals surface area contributed by atoms with Crippen molar-refractivity contribution < 1.29 is 9.53 Å². The maximum absolute atomic E-state index is 11.7. The lowest BCUT2D eigenvalue weighted by atomic mass is 10.0. The third kappa shape index (κ3) is 3.67. The summed E-state index contributed by atoms with van der Waals surface area (Å²) in [5.41, 5.74) is 0. The number of alkyl halides is 1. The summed E-state index contributed by atoms with van der Waals surface area (Å²) in [5, 5.41) is 0. The number of carbonyl (C=O) groups is 1. The van der Waals surface area contributed by atoms with E-state index in [2.05, 4.69) is 15.9 Å². The summed E-state index contributed by atoms with van der Waals surface area (Å²) in [7, 11) is 0. The first-order chi connectivity index (χ1) is 7.15. The average Bonchev–Trinajstić information content (AvgIpc) is 2.19. The topological polar surface area (TPSA) is 26.3 Å². The quantitative estimate of drug-likeness (QED) is 0.476. The van der Waals surface area contributed by atoms with E-state index in [1.807, 2.05) is 32.0 Å². The molecule has 0 fully saturated rings. The number of ether oxygens (including phenoxy) is 1. The molecule has 0 saturated heterocycles. The highest BCUT2D eigenvalue weighted by Gasteiger charge is 2.23. The Hall–Kier alpha value is -0.830. The molecule has 2 unspecified atom stereocenters. The van der Waals surface area contributed by atoms with Gasteiger partial charge in [0.1, 0.15) is 5.75 Å². The SMILES string of the molecule is CCC(C(=O)Oc1ccccc1)C(C)Br. The van der Waals surface area contributed by atoms with E-state index in [1.54, 1.807) is 12.1 Å². The summed E-state index contributed by atoms with van der Waals surface area (Å²) in [5.74, 6) is 0.340. The van der Waals surface area contributed by atoms with Gasteiger partial charge in [-0.05, 0) is 18.6 Å². The second-order valence-electron chi connectivity index (χ2n) is 3.43. The number of esters is 1. The van der Waals surface area contributed by atoms with Gasteiger partial charge in [0.15, 0.2) is 0 Å². The standard InChI is InChI=1S/C12H15BrO2/c1-3-11(9(2)13)12(14)15-10-7-5-4-6-8-10/h4-9,11H,3H2,1-2H3. The van der Waals surface area contributed by atoms with E-state index >= 15 is 0 Å². The van der Waals surface area contributed by atoms with Crippen molar-refractivity contribution in [1.29, 1.82) is 0 Å². The van der Waals surface area contributed by atoms with Gasteiger partial charge in [0.25, 0.3) is 0 Å². The summed E-state index contributed by atoms with van der Waals surface area (Å²) < 4.78 is 5.26. The fraction of sp³-hybridized carbons (Fsp3) is 0.417. The van der Waals surface area contributed by atoms with Gasteiger partial charge >= 0.3 is 5.97 Å². The van der Waals surface area contributed by atoms with E-state index in [9.17, 15) is 4.79 Å². The highest BCUT2D eigenvalue weighted by Crippen LogP contribution is 2.19. The van der Waals surface area contributed by atoms with Crippen molar-refractivity contribution in [1.82, 2.24) is 0 Å². The van der Waals surface area contributed by atoms with E-state index in [4.69, 9.17) is 4.74 Å². The summed E-state index contributed by atoms with van der Waals surface area (Å²) in [4.78, 5) is 11.9. The molecule has 0 aliphatic carbocycles. The Labute approximate surface area is 98.8 Å². The Morgan fingerprint density at radius 1 is 1.40 bits per heavy atom. The molecule has 0 bridgehead atoms. The van der Waals surface area contributed by atoms with Gasteiger partial charge in [0.05, 0.1) is 5.92 Å². The Bertz CT molecular complexity index is 309. The van der Waals surface area contributed by atoms with Crippen molar-refractivity contribution in [2.75, 3.05) is 0 Å². The van der Waals surface area contributed by atoms with Crippen molar-refractivity contribution >= 4 is 21.9 Å². The molecule has 0 spiro atoms. The first-order valence-corrected chi connectivity index (χ1v) is 5.97. The molecule has 82 valence electrons. The third-order valence-electron chi connectivity index (χ3n) is 2.26. The fourth-order valence-electron chi connectivity index (χ4n) is 1.36. The molecule has 1 aromatic carbocycles. The van der Waals surface area contributed by atoms with Crippen LogP contribution < -0.4 is 4.74 Å². The third-order valence-corrected chi connectivity index (χ3v) is 2.90. The van der Waals surface area contributed by atoms with E-state index in [0.29, 0.717) is 5.75 Å². The van der Waals surface area contributed by atoms with E-state index in [-0.39, 0.29) is 16.7 Å². The smallest absolute Gasteiger partial charge is 0.315 e. The fourth-order valence-corrected chi connectivity index (χ4v) is 1.95. The summed E-state index contributed by atoms with van der Waals surface area (Å²) in [6.45, 7) is 3.94. The minimum absolute atomic E-state index is 0.0924. The van der Waals surface area contributed by atoms with E-state index in [0.717, 1.165) is 6.42 Å². The van der Waals surface area contributed by atoms with Crippen molar-refractivity contribution in [3.05, 3.63) is 30.3 Å². The number of rotatable bonds is 4. The van der Waals surface area contributed by atoms with Crippen LogP contribution in [0.2, 0.25) is 0 Å². The largest absolute Gasteiger partial charge is 0.426 e. The molecule has 1 aromatic rings. The van der Waals surface area contributed by atoms with Gasteiger partial charge in [-0.2, -0.15) is 0 Å². The molecular weight excluding hydrogens is 256 g/mol. The first-order valence-electron chi connectivity index (χ1n) is 5.06. The van der Waals surface area contributed by atoms with Crippen LogP contribution in [0.5, 0.6) is 5.75 Å². The van der Waals surface area contributed by atoms with Crippen LogP contribution >= 0.6 is 15.9 Å². The molecule has 1 rings (SSSR count). The Morgan fingerprint density at radius 3 is 2.47 bits per heavy atom. The van der Waals surface area contributed by atoms with Crippen molar-refractivity contribution in [2.24, 2.45) is 5.92 Å². The molecule has 0 heterocycles. The predicted octanol–water partition coefficient (Wildman–Crippen LogP) is 3.40. The van der Waals surface area contributed by atoms with Crippen LogP contribution in [0, 0.1) is 5.92 Å². The minimum atomic E-state index is -0.173. The van der Waals surface area contributed by atoms with Crippen molar-refractivity contribution in [3.8, 4) is 5.75 Å². The summed E-state index contributed by atoms with van der Waals surface area (Å²) >= 11 is 3.41. The Kier molecular flexibility index (Phi) is 4.82. The second kappa shape index (κ2) is 5.91. The van der Waals surface area contributed by atoms with Crippen molar-refractivity contribution in [3.63, 3.8) is 0 Å². The van der Waals surface area contributed by atoms with Gasteiger partial charge in [-0.25, -0.2) is 0 Å². The van der Waals surface area contributed by atoms with Gasteiger partial charge in [0.2, 0.25) is 0 Å². The molecule has 3 heteroatoms. The lowest BCUT2D eigenvalue weighted by molar-refractivity contribution is -0.138. The van der Waals surface area contributed by atoms with Gasteiger partial charge in [0, 0.05) is 4.83 Å². The summed E-state index contributed by atoms with van der Waals surface area (Å²) in [6.07, 6.45) is 0.776. The lowest BCUT2D eigenvalue weighted by Gasteiger charge is -2.15. The molecule has 0 aromatic heterocycles. The molecule has 0 amide bonds. The number of hydrogen-bond donors (Lipinski definition) is 0. The minimum Gasteiger partial charge on any atom is -0.426 e. The number of benzene rings is 1. The molecular formula is C12H15BrO2. The number of para-hydroxylation sites is 1. The molecule has 0 radical (unpaired) electrons. The van der Waals surface area contributed by atoms with Gasteiger partial charge in [-0.1, -0.05) is 48.0 Å². The Morgan fingerprint density at radius 2 is 2.00 bits per heavy atom.